The number of fused-ring (bicyclic) bond motifs is 1. The molecule has 0 aliphatic carbocycles. The lowest BCUT2D eigenvalue weighted by molar-refractivity contribution is -0.116. The number of ether oxygens (including phenoxy) is 2. The van der Waals surface area contributed by atoms with Crippen LogP contribution in [0.4, 0.5) is 5.69 Å². The Morgan fingerprint density at radius 1 is 1.34 bits per heavy atom. The molecule has 1 amide bonds. The predicted molar refractivity (Wildman–Crippen MR) is 111 cm³/mol. The number of aromatic nitrogens is 2. The van der Waals surface area contributed by atoms with Gasteiger partial charge in [-0.1, -0.05) is 11.6 Å². The highest BCUT2D eigenvalue weighted by molar-refractivity contribution is 7.20. The number of hydrogen-bond acceptors (Lipinski definition) is 7. The fourth-order valence-corrected chi connectivity index (χ4v) is 4.05. The number of esters is 1. The standard InChI is InChI=1S/C19H18ClN3O5S/c1-4-28-19(26)16-10(2)15-17(29-16)21-9-23(18(15)25)8-14(24)22-11-5-6-13(27-3)12(20)7-11/h5-7,9H,4,8H2,1-3H3,(H,22,24). The van der Waals surface area contributed by atoms with Crippen molar-refractivity contribution in [3.05, 3.63) is 50.3 Å². The van der Waals surface area contributed by atoms with E-state index in [4.69, 9.17) is 21.1 Å². The summed E-state index contributed by atoms with van der Waals surface area (Å²) in [7, 11) is 1.49. The van der Waals surface area contributed by atoms with Crippen LogP contribution in [0, 0.1) is 6.92 Å². The number of carbonyl (C=O) groups excluding carboxylic acids is 2. The quantitative estimate of drug-likeness (QED) is 0.596. The number of halogens is 1. The lowest BCUT2D eigenvalue weighted by atomic mass is 10.2. The van der Waals surface area contributed by atoms with Crippen molar-refractivity contribution >= 4 is 50.7 Å². The van der Waals surface area contributed by atoms with Gasteiger partial charge in [-0.2, -0.15) is 0 Å². The van der Waals surface area contributed by atoms with Crippen LogP contribution in [0.25, 0.3) is 10.2 Å². The summed E-state index contributed by atoms with van der Waals surface area (Å²) in [5, 5.41) is 3.33. The van der Waals surface area contributed by atoms with Crippen molar-refractivity contribution in [2.24, 2.45) is 0 Å². The minimum Gasteiger partial charge on any atom is -0.495 e. The van der Waals surface area contributed by atoms with Gasteiger partial charge in [-0.25, -0.2) is 9.78 Å². The van der Waals surface area contributed by atoms with E-state index in [0.717, 1.165) is 11.3 Å². The molecule has 0 fully saturated rings. The van der Waals surface area contributed by atoms with Gasteiger partial charge in [-0.3, -0.25) is 14.2 Å². The third-order valence-corrected chi connectivity index (χ3v) is 5.60. The summed E-state index contributed by atoms with van der Waals surface area (Å²) in [4.78, 5) is 42.2. The van der Waals surface area contributed by atoms with Crippen molar-refractivity contribution in [3.8, 4) is 5.75 Å². The number of methoxy groups -OCH3 is 1. The monoisotopic (exact) mass is 435 g/mol. The highest BCUT2D eigenvalue weighted by atomic mass is 35.5. The molecular formula is C19H18ClN3O5S. The van der Waals surface area contributed by atoms with Crippen LogP contribution < -0.4 is 15.6 Å². The van der Waals surface area contributed by atoms with Crippen LogP contribution in [0.15, 0.2) is 29.3 Å². The molecule has 1 N–H and O–H groups in total. The van der Waals surface area contributed by atoms with Crippen LogP contribution in [-0.2, 0) is 16.1 Å². The first-order chi connectivity index (χ1) is 13.8. The third kappa shape index (κ3) is 4.25. The Morgan fingerprint density at radius 2 is 2.10 bits per heavy atom. The van der Waals surface area contributed by atoms with E-state index in [9.17, 15) is 14.4 Å². The van der Waals surface area contributed by atoms with Crippen LogP contribution in [0.5, 0.6) is 5.75 Å². The number of anilines is 1. The van der Waals surface area contributed by atoms with E-state index in [0.29, 0.717) is 37.1 Å². The van der Waals surface area contributed by atoms with E-state index in [-0.39, 0.29) is 13.2 Å². The van der Waals surface area contributed by atoms with Crippen molar-refractivity contribution in [1.29, 1.82) is 0 Å². The van der Waals surface area contributed by atoms with E-state index in [2.05, 4.69) is 10.3 Å². The Hall–Kier alpha value is -2.91. The summed E-state index contributed by atoms with van der Waals surface area (Å²) in [6.07, 6.45) is 1.29. The number of hydrogen-bond donors (Lipinski definition) is 1. The summed E-state index contributed by atoms with van der Waals surface area (Å²) in [5.41, 5.74) is 0.569. The predicted octanol–water partition coefficient (Wildman–Crippen LogP) is 3.24. The van der Waals surface area contributed by atoms with Crippen molar-refractivity contribution in [2.75, 3.05) is 19.0 Å². The summed E-state index contributed by atoms with van der Waals surface area (Å²) in [5.74, 6) is -0.429. The number of nitrogens with zero attached hydrogens (tertiary/aromatic N) is 2. The Kier molecular flexibility index (Phi) is 6.19. The van der Waals surface area contributed by atoms with Crippen molar-refractivity contribution < 1.29 is 19.1 Å². The molecule has 0 radical (unpaired) electrons. The molecule has 0 unspecified atom stereocenters. The lowest BCUT2D eigenvalue weighted by Gasteiger charge is -2.09. The van der Waals surface area contributed by atoms with Crippen molar-refractivity contribution in [2.45, 2.75) is 20.4 Å². The van der Waals surface area contributed by atoms with E-state index in [1.54, 1.807) is 32.0 Å². The van der Waals surface area contributed by atoms with Crippen LogP contribution in [0.2, 0.25) is 5.02 Å². The number of rotatable bonds is 6. The molecule has 0 aliphatic heterocycles. The minimum atomic E-state index is -0.493. The van der Waals surface area contributed by atoms with Gasteiger partial charge in [0.05, 0.1) is 30.5 Å². The Morgan fingerprint density at radius 3 is 2.76 bits per heavy atom. The van der Waals surface area contributed by atoms with Crippen LogP contribution >= 0.6 is 22.9 Å². The molecule has 0 atom stereocenters. The second-order valence-electron chi connectivity index (χ2n) is 6.03. The first-order valence-electron chi connectivity index (χ1n) is 8.64. The van der Waals surface area contributed by atoms with Gasteiger partial charge in [0.2, 0.25) is 5.91 Å². The van der Waals surface area contributed by atoms with E-state index >= 15 is 0 Å². The maximum absolute atomic E-state index is 12.8. The molecule has 0 bridgehead atoms. The zero-order valence-corrected chi connectivity index (χ0v) is 17.5. The minimum absolute atomic E-state index is 0.236. The molecule has 0 spiro atoms. The van der Waals surface area contributed by atoms with Crippen LogP contribution in [0.3, 0.4) is 0 Å². The highest BCUT2D eigenvalue weighted by Gasteiger charge is 2.20. The maximum atomic E-state index is 12.8. The van der Waals surface area contributed by atoms with Crippen molar-refractivity contribution in [3.63, 3.8) is 0 Å². The summed E-state index contributed by atoms with van der Waals surface area (Å²) >= 11 is 7.15. The van der Waals surface area contributed by atoms with Crippen LogP contribution in [0.1, 0.15) is 22.2 Å². The highest BCUT2D eigenvalue weighted by Crippen LogP contribution is 2.28. The number of thiophene rings is 1. The smallest absolute Gasteiger partial charge is 0.348 e. The molecule has 8 nitrogen and oxygen atoms in total. The fourth-order valence-electron chi connectivity index (χ4n) is 2.76. The second kappa shape index (κ2) is 8.62. The molecule has 0 aliphatic rings. The number of aryl methyl sites for hydroxylation is 1. The lowest BCUT2D eigenvalue weighted by Crippen LogP contribution is -2.27. The molecule has 0 saturated carbocycles. The normalized spacial score (nSPS) is 10.8. The van der Waals surface area contributed by atoms with E-state index < -0.39 is 17.4 Å². The molecule has 2 heterocycles. The van der Waals surface area contributed by atoms with Crippen molar-refractivity contribution in [1.82, 2.24) is 9.55 Å². The maximum Gasteiger partial charge on any atom is 0.348 e. The second-order valence-corrected chi connectivity index (χ2v) is 7.44. The number of amides is 1. The van der Waals surface area contributed by atoms with Crippen LogP contribution in [-0.4, -0.2) is 35.1 Å². The average Bonchev–Trinajstić information content (AvgIpc) is 3.02. The van der Waals surface area contributed by atoms with E-state index in [1.165, 1.54) is 18.0 Å². The van der Waals surface area contributed by atoms with Gasteiger partial charge in [-0.15, -0.1) is 11.3 Å². The molecule has 3 aromatic rings. The summed E-state index contributed by atoms with van der Waals surface area (Å²) in [6.45, 7) is 3.37. The van der Waals surface area contributed by atoms with Gasteiger partial charge in [-0.05, 0) is 37.6 Å². The SMILES string of the molecule is CCOC(=O)c1sc2ncn(CC(=O)Nc3ccc(OC)c(Cl)c3)c(=O)c2c1C. The molecule has 152 valence electrons. The molecule has 3 rings (SSSR count). The van der Waals surface area contributed by atoms with Gasteiger partial charge >= 0.3 is 5.97 Å². The zero-order valence-electron chi connectivity index (χ0n) is 15.9. The molecule has 10 heteroatoms. The third-order valence-electron chi connectivity index (χ3n) is 4.13. The fraction of sp³-hybridized carbons (Fsp3) is 0.263. The van der Waals surface area contributed by atoms with Gasteiger partial charge in [0.15, 0.2) is 0 Å². The first kappa shape index (κ1) is 20.8. The molecule has 1 aromatic carbocycles. The Labute approximate surface area is 175 Å². The Balaban J connectivity index is 1.85. The molecule has 0 saturated heterocycles. The van der Waals surface area contributed by atoms with Gasteiger partial charge in [0.1, 0.15) is 22.0 Å². The summed E-state index contributed by atoms with van der Waals surface area (Å²) in [6, 6.07) is 4.82. The Bertz CT molecular complexity index is 1150. The largest absolute Gasteiger partial charge is 0.495 e. The first-order valence-corrected chi connectivity index (χ1v) is 9.84. The van der Waals surface area contributed by atoms with Gasteiger partial charge in [0.25, 0.3) is 5.56 Å². The molecular weight excluding hydrogens is 418 g/mol. The number of benzene rings is 1. The number of carbonyl (C=O) groups is 2. The average molecular weight is 436 g/mol. The topological polar surface area (TPSA) is 99.5 Å². The molecule has 29 heavy (non-hydrogen) atoms. The number of nitrogens with one attached hydrogen (secondary N) is 1. The van der Waals surface area contributed by atoms with E-state index in [1.807, 2.05) is 0 Å². The molecule has 2 aromatic heterocycles. The summed E-state index contributed by atoms with van der Waals surface area (Å²) < 4.78 is 11.3. The van der Waals surface area contributed by atoms with Gasteiger partial charge in [0, 0.05) is 5.69 Å². The zero-order chi connectivity index (χ0) is 21.1. The van der Waals surface area contributed by atoms with Gasteiger partial charge < -0.3 is 14.8 Å².